The highest BCUT2D eigenvalue weighted by atomic mass is 35.5. The second-order valence-corrected chi connectivity index (χ2v) is 8.46. The minimum Gasteiger partial charge on any atom is -0.294 e. The quantitative estimate of drug-likeness (QED) is 0.592. The van der Waals surface area contributed by atoms with Crippen LogP contribution in [0.3, 0.4) is 0 Å². The van der Waals surface area contributed by atoms with E-state index < -0.39 is 0 Å². The minimum absolute atomic E-state index is 0.00882. The number of Topliss-reactive ketones (excluding diaryl/α,β-unsaturated/α-hetero) is 1. The Morgan fingerprint density at radius 3 is 2.32 bits per heavy atom. The smallest absolute Gasteiger partial charge is 0.232 e. The first-order valence-corrected chi connectivity index (χ1v) is 10.2. The summed E-state index contributed by atoms with van der Waals surface area (Å²) in [4.78, 5) is 27.9. The third-order valence-corrected chi connectivity index (χ3v) is 6.22. The van der Waals surface area contributed by atoms with Crippen LogP contribution in [0, 0.1) is 13.8 Å². The summed E-state index contributed by atoms with van der Waals surface area (Å²) >= 11 is 12.3. The molecule has 4 rings (SSSR count). The van der Waals surface area contributed by atoms with E-state index in [0.717, 1.165) is 46.5 Å². The highest BCUT2D eigenvalue weighted by Crippen LogP contribution is 2.44. The molecule has 3 nitrogen and oxygen atoms in total. The van der Waals surface area contributed by atoms with Crippen LogP contribution in [0.4, 0.5) is 5.69 Å². The number of halogens is 2. The van der Waals surface area contributed by atoms with Crippen molar-refractivity contribution in [1.82, 2.24) is 0 Å². The number of hydrogen-bond acceptors (Lipinski definition) is 2. The number of amides is 1. The summed E-state index contributed by atoms with van der Waals surface area (Å²) in [6.07, 6.45) is 2.25. The molecule has 2 aromatic rings. The van der Waals surface area contributed by atoms with Gasteiger partial charge in [-0.25, -0.2) is 0 Å². The van der Waals surface area contributed by atoms with Gasteiger partial charge in [-0.15, -0.1) is 0 Å². The molecule has 0 N–H and O–H groups in total. The molecule has 2 aromatic carbocycles. The van der Waals surface area contributed by atoms with Crippen molar-refractivity contribution in [2.45, 2.75) is 45.4 Å². The van der Waals surface area contributed by atoms with Crippen LogP contribution in [-0.2, 0) is 9.59 Å². The number of nitrogens with zero attached hydrogens (tertiary/aromatic N) is 1. The molecule has 1 aliphatic heterocycles. The highest BCUT2D eigenvalue weighted by Gasteiger charge is 2.39. The van der Waals surface area contributed by atoms with Crippen LogP contribution in [0.15, 0.2) is 47.7 Å². The first kappa shape index (κ1) is 19.2. The minimum atomic E-state index is -0.271. The van der Waals surface area contributed by atoms with Crippen LogP contribution in [0.1, 0.15) is 48.3 Å². The Balaban J connectivity index is 1.88. The third kappa shape index (κ3) is 3.38. The second kappa shape index (κ2) is 7.38. The van der Waals surface area contributed by atoms with Gasteiger partial charge in [-0.2, -0.15) is 0 Å². The van der Waals surface area contributed by atoms with Gasteiger partial charge in [0.15, 0.2) is 5.78 Å². The van der Waals surface area contributed by atoms with E-state index in [1.165, 1.54) is 0 Å². The Kier molecular flexibility index (Phi) is 5.07. The summed E-state index contributed by atoms with van der Waals surface area (Å²) in [5, 5.41) is 0.905. The van der Waals surface area contributed by atoms with Gasteiger partial charge in [-0.05, 0) is 67.6 Å². The lowest BCUT2D eigenvalue weighted by atomic mass is 9.77. The fraction of sp³-hybridized carbons (Fsp3) is 0.304. The Morgan fingerprint density at radius 1 is 0.929 bits per heavy atom. The van der Waals surface area contributed by atoms with Crippen molar-refractivity contribution in [2.75, 3.05) is 4.90 Å². The molecule has 1 unspecified atom stereocenters. The number of hydrogen-bond donors (Lipinski definition) is 0. The van der Waals surface area contributed by atoms with E-state index in [9.17, 15) is 9.59 Å². The number of ketones is 1. The zero-order valence-corrected chi connectivity index (χ0v) is 17.4. The molecule has 1 aliphatic carbocycles. The number of allylic oxidation sites excluding steroid dienone is 2. The summed E-state index contributed by atoms with van der Waals surface area (Å²) in [6, 6.07) is 11.5. The standard InChI is InChI=1S/C23H21Cl2NO2/c1-13-8-14(2)10-16(9-13)26-20-4-3-5-21(27)23(20)17(12-22(26)28)15-6-7-18(24)19(25)11-15/h6-11,17H,3-5,12H2,1-2H3. The SMILES string of the molecule is Cc1cc(C)cc(N2C(=O)CC(c3ccc(Cl)c(Cl)c3)C3=C2CCCC3=O)c1. The molecular formula is C23H21Cl2NO2. The molecule has 0 fully saturated rings. The average Bonchev–Trinajstić information content (AvgIpc) is 2.62. The molecular weight excluding hydrogens is 393 g/mol. The molecule has 0 saturated carbocycles. The van der Waals surface area contributed by atoms with Crippen LogP contribution < -0.4 is 4.90 Å². The highest BCUT2D eigenvalue weighted by molar-refractivity contribution is 6.42. The number of anilines is 1. The zero-order valence-electron chi connectivity index (χ0n) is 15.9. The van der Waals surface area contributed by atoms with Crippen molar-refractivity contribution in [1.29, 1.82) is 0 Å². The summed E-state index contributed by atoms with van der Waals surface area (Å²) < 4.78 is 0. The maximum Gasteiger partial charge on any atom is 0.232 e. The van der Waals surface area contributed by atoms with Gasteiger partial charge < -0.3 is 0 Å². The number of aryl methyl sites for hydroxylation is 2. The Hall–Kier alpha value is -2.10. The van der Waals surface area contributed by atoms with Crippen LogP contribution in [0.25, 0.3) is 0 Å². The topological polar surface area (TPSA) is 37.4 Å². The van der Waals surface area contributed by atoms with E-state index >= 15 is 0 Å². The molecule has 0 spiro atoms. The first-order chi connectivity index (χ1) is 13.3. The molecule has 28 heavy (non-hydrogen) atoms. The maximum atomic E-state index is 13.2. The molecule has 0 radical (unpaired) electrons. The van der Waals surface area contributed by atoms with Crippen molar-refractivity contribution < 1.29 is 9.59 Å². The van der Waals surface area contributed by atoms with E-state index in [4.69, 9.17) is 23.2 Å². The molecule has 0 aromatic heterocycles. The van der Waals surface area contributed by atoms with Crippen LogP contribution in [-0.4, -0.2) is 11.7 Å². The van der Waals surface area contributed by atoms with Gasteiger partial charge in [0.2, 0.25) is 5.91 Å². The molecule has 2 aliphatic rings. The van der Waals surface area contributed by atoms with Gasteiger partial charge in [0.05, 0.1) is 10.0 Å². The number of rotatable bonds is 2. The van der Waals surface area contributed by atoms with Gasteiger partial charge >= 0.3 is 0 Å². The Bertz CT molecular complexity index is 1010. The van der Waals surface area contributed by atoms with E-state index in [-0.39, 0.29) is 24.0 Å². The van der Waals surface area contributed by atoms with Gasteiger partial charge in [-0.1, -0.05) is 35.3 Å². The molecule has 0 saturated heterocycles. The predicted octanol–water partition coefficient (Wildman–Crippen LogP) is 6.14. The van der Waals surface area contributed by atoms with Crippen molar-refractivity contribution in [3.8, 4) is 0 Å². The Labute approximate surface area is 174 Å². The molecule has 1 amide bonds. The van der Waals surface area contributed by atoms with Gasteiger partial charge in [0.1, 0.15) is 0 Å². The summed E-state index contributed by atoms with van der Waals surface area (Å²) in [5.74, 6) is -0.138. The lowest BCUT2D eigenvalue weighted by Crippen LogP contribution is -2.40. The Morgan fingerprint density at radius 2 is 1.64 bits per heavy atom. The van der Waals surface area contributed by atoms with Crippen molar-refractivity contribution >= 4 is 40.6 Å². The molecule has 0 bridgehead atoms. The normalized spacial score (nSPS) is 19.9. The van der Waals surface area contributed by atoms with Crippen molar-refractivity contribution in [3.05, 3.63) is 74.4 Å². The molecule has 1 atom stereocenters. The van der Waals surface area contributed by atoms with Crippen LogP contribution in [0.2, 0.25) is 10.0 Å². The number of benzene rings is 2. The van der Waals surface area contributed by atoms with Crippen molar-refractivity contribution in [2.24, 2.45) is 0 Å². The lowest BCUT2D eigenvalue weighted by molar-refractivity contribution is -0.119. The number of carbonyl (C=O) groups is 2. The van der Waals surface area contributed by atoms with Gasteiger partial charge in [0, 0.05) is 35.7 Å². The summed E-state index contributed by atoms with van der Waals surface area (Å²) in [7, 11) is 0. The summed E-state index contributed by atoms with van der Waals surface area (Å²) in [5.41, 5.74) is 5.50. The first-order valence-electron chi connectivity index (χ1n) is 9.47. The largest absolute Gasteiger partial charge is 0.294 e. The molecule has 144 valence electrons. The average molecular weight is 414 g/mol. The maximum absolute atomic E-state index is 13.2. The van der Waals surface area contributed by atoms with E-state index in [2.05, 4.69) is 6.07 Å². The lowest BCUT2D eigenvalue weighted by Gasteiger charge is -2.38. The second-order valence-electron chi connectivity index (χ2n) is 7.64. The van der Waals surface area contributed by atoms with Crippen molar-refractivity contribution in [3.63, 3.8) is 0 Å². The fourth-order valence-corrected chi connectivity index (χ4v) is 4.69. The molecule has 5 heteroatoms. The molecule has 1 heterocycles. The monoisotopic (exact) mass is 413 g/mol. The third-order valence-electron chi connectivity index (χ3n) is 5.49. The predicted molar refractivity (Wildman–Crippen MR) is 113 cm³/mol. The van der Waals surface area contributed by atoms with Crippen LogP contribution in [0.5, 0.6) is 0 Å². The van der Waals surface area contributed by atoms with Crippen LogP contribution >= 0.6 is 23.2 Å². The van der Waals surface area contributed by atoms with Gasteiger partial charge in [0.25, 0.3) is 0 Å². The zero-order chi connectivity index (χ0) is 20.0. The van der Waals surface area contributed by atoms with E-state index in [0.29, 0.717) is 16.5 Å². The van der Waals surface area contributed by atoms with Gasteiger partial charge in [-0.3, -0.25) is 14.5 Å². The number of carbonyl (C=O) groups excluding carboxylic acids is 2. The van der Waals surface area contributed by atoms with E-state index in [1.54, 1.807) is 17.0 Å². The van der Waals surface area contributed by atoms with E-state index in [1.807, 2.05) is 32.0 Å². The fourth-order valence-electron chi connectivity index (χ4n) is 4.39. The summed E-state index contributed by atoms with van der Waals surface area (Å²) in [6.45, 7) is 4.04.